The van der Waals surface area contributed by atoms with E-state index in [-0.39, 0.29) is 5.91 Å². The van der Waals surface area contributed by atoms with E-state index in [0.717, 1.165) is 32.2 Å². The molecule has 1 amide bonds. The highest BCUT2D eigenvalue weighted by atomic mass is 16.5. The minimum atomic E-state index is -1.82. The second-order valence-electron chi connectivity index (χ2n) is 7.30. The Morgan fingerprint density at radius 1 is 0.867 bits per heavy atom. The van der Waals surface area contributed by atoms with Crippen LogP contribution in [0.2, 0.25) is 0 Å². The first-order valence-electron chi connectivity index (χ1n) is 10.1. The van der Waals surface area contributed by atoms with Gasteiger partial charge in [-0.25, -0.2) is 9.59 Å². The lowest BCUT2D eigenvalue weighted by molar-refractivity contribution is -0.159. The molecule has 30 heavy (non-hydrogen) atoms. The van der Waals surface area contributed by atoms with E-state index < -0.39 is 11.9 Å². The minimum Gasteiger partial charge on any atom is -0.493 e. The fourth-order valence-corrected chi connectivity index (χ4v) is 3.89. The summed E-state index contributed by atoms with van der Waals surface area (Å²) in [6.45, 7) is 3.60. The molecule has 3 rings (SSSR count). The van der Waals surface area contributed by atoms with E-state index in [1.165, 1.54) is 32.1 Å². The molecule has 1 aliphatic carbocycles. The number of carbonyl (C=O) groups excluding carboxylic acids is 1. The van der Waals surface area contributed by atoms with Gasteiger partial charge in [-0.3, -0.25) is 9.69 Å². The molecule has 1 saturated carbocycles. The largest absolute Gasteiger partial charge is 0.493 e. The maximum atomic E-state index is 12.8. The number of carbonyl (C=O) groups is 3. The summed E-state index contributed by atoms with van der Waals surface area (Å²) in [6, 6.07) is 6.12. The number of ether oxygens (including phenoxy) is 2. The molecule has 9 heteroatoms. The van der Waals surface area contributed by atoms with Crippen molar-refractivity contribution in [1.29, 1.82) is 0 Å². The van der Waals surface area contributed by atoms with Crippen molar-refractivity contribution in [3.05, 3.63) is 23.8 Å². The fraction of sp³-hybridized carbons (Fsp3) is 0.571. The average Bonchev–Trinajstić information content (AvgIpc) is 2.79. The first-order valence-corrected chi connectivity index (χ1v) is 10.1. The van der Waals surface area contributed by atoms with Crippen molar-refractivity contribution in [3.63, 3.8) is 0 Å². The Balaban J connectivity index is 0.000000469. The quantitative estimate of drug-likeness (QED) is 0.707. The van der Waals surface area contributed by atoms with Gasteiger partial charge in [0.05, 0.1) is 14.2 Å². The van der Waals surface area contributed by atoms with E-state index in [1.807, 2.05) is 11.0 Å². The summed E-state index contributed by atoms with van der Waals surface area (Å²) in [5, 5.41) is 14.8. The molecule has 1 heterocycles. The lowest BCUT2D eigenvalue weighted by Crippen LogP contribution is -2.52. The first kappa shape index (κ1) is 23.5. The van der Waals surface area contributed by atoms with Crippen LogP contribution in [0.4, 0.5) is 0 Å². The van der Waals surface area contributed by atoms with E-state index >= 15 is 0 Å². The Hall–Kier alpha value is -2.81. The number of carboxylic acid groups (broad SMARTS) is 2. The third-order valence-electron chi connectivity index (χ3n) is 5.51. The molecule has 1 aliphatic heterocycles. The van der Waals surface area contributed by atoms with Crippen LogP contribution in [0.15, 0.2) is 18.2 Å². The van der Waals surface area contributed by atoms with Crippen LogP contribution in [0.25, 0.3) is 0 Å². The van der Waals surface area contributed by atoms with Crippen LogP contribution in [0.1, 0.15) is 42.5 Å². The van der Waals surface area contributed by atoms with Crippen LogP contribution in [-0.2, 0) is 9.59 Å². The van der Waals surface area contributed by atoms with Gasteiger partial charge in [0.2, 0.25) is 0 Å². The zero-order valence-electron chi connectivity index (χ0n) is 17.5. The van der Waals surface area contributed by atoms with Gasteiger partial charge in [0, 0.05) is 37.8 Å². The van der Waals surface area contributed by atoms with Crippen LogP contribution in [0.3, 0.4) is 0 Å². The van der Waals surface area contributed by atoms with Gasteiger partial charge in [0.15, 0.2) is 11.5 Å². The molecule has 0 spiro atoms. The molecule has 2 aliphatic rings. The van der Waals surface area contributed by atoms with Crippen molar-refractivity contribution < 1.29 is 34.1 Å². The molecule has 2 fully saturated rings. The predicted molar refractivity (Wildman–Crippen MR) is 109 cm³/mol. The van der Waals surface area contributed by atoms with Crippen molar-refractivity contribution in [2.24, 2.45) is 0 Å². The van der Waals surface area contributed by atoms with E-state index in [0.29, 0.717) is 17.1 Å². The number of rotatable bonds is 4. The number of nitrogens with zero attached hydrogens (tertiary/aromatic N) is 2. The van der Waals surface area contributed by atoms with Gasteiger partial charge in [-0.15, -0.1) is 0 Å². The van der Waals surface area contributed by atoms with Crippen LogP contribution in [0, 0.1) is 0 Å². The third kappa shape index (κ3) is 6.35. The second-order valence-corrected chi connectivity index (χ2v) is 7.30. The van der Waals surface area contributed by atoms with Crippen molar-refractivity contribution >= 4 is 17.8 Å². The van der Waals surface area contributed by atoms with Gasteiger partial charge in [-0.1, -0.05) is 19.3 Å². The van der Waals surface area contributed by atoms with Crippen molar-refractivity contribution in [3.8, 4) is 11.5 Å². The highest BCUT2D eigenvalue weighted by molar-refractivity contribution is 6.27. The Morgan fingerprint density at radius 2 is 1.43 bits per heavy atom. The lowest BCUT2D eigenvalue weighted by atomic mass is 9.94. The number of methoxy groups -OCH3 is 2. The van der Waals surface area contributed by atoms with E-state index in [2.05, 4.69) is 4.90 Å². The molecular formula is C21H30N2O7. The van der Waals surface area contributed by atoms with Gasteiger partial charge >= 0.3 is 11.9 Å². The Bertz CT molecular complexity index is 727. The van der Waals surface area contributed by atoms with E-state index in [9.17, 15) is 4.79 Å². The molecule has 1 aromatic rings. The molecule has 0 bridgehead atoms. The van der Waals surface area contributed by atoms with Gasteiger partial charge < -0.3 is 24.6 Å². The zero-order chi connectivity index (χ0) is 22.1. The van der Waals surface area contributed by atoms with Crippen molar-refractivity contribution in [2.45, 2.75) is 38.1 Å². The molecular weight excluding hydrogens is 392 g/mol. The average molecular weight is 422 g/mol. The number of benzene rings is 1. The number of hydrogen-bond acceptors (Lipinski definition) is 6. The summed E-state index contributed by atoms with van der Waals surface area (Å²) in [4.78, 5) is 35.5. The molecule has 1 aromatic carbocycles. The number of carboxylic acids is 2. The summed E-state index contributed by atoms with van der Waals surface area (Å²) in [7, 11) is 3.19. The van der Waals surface area contributed by atoms with Gasteiger partial charge in [0.25, 0.3) is 5.91 Å². The Kier molecular flexibility index (Phi) is 8.91. The molecule has 2 N–H and O–H groups in total. The topological polar surface area (TPSA) is 117 Å². The monoisotopic (exact) mass is 422 g/mol. The van der Waals surface area contributed by atoms with Crippen LogP contribution in [-0.4, -0.2) is 84.3 Å². The maximum Gasteiger partial charge on any atom is 0.414 e. The highest BCUT2D eigenvalue weighted by Crippen LogP contribution is 2.28. The molecule has 0 atom stereocenters. The number of aliphatic carboxylic acids is 2. The minimum absolute atomic E-state index is 0.0826. The predicted octanol–water partition coefficient (Wildman–Crippen LogP) is 1.95. The first-order chi connectivity index (χ1) is 14.4. The second kappa shape index (κ2) is 11.4. The molecule has 9 nitrogen and oxygen atoms in total. The standard InChI is InChI=1S/C19H28N2O3.C2H2O4/c1-23-17-9-8-15(14-18(17)24-2)19(22)21-12-10-20(11-13-21)16-6-4-3-5-7-16;3-1(4)2(5)6/h8-9,14,16H,3-7,10-13H2,1-2H3;(H,3,4)(H,5,6). The van der Waals surface area contributed by atoms with Crippen molar-refractivity contribution in [2.75, 3.05) is 40.4 Å². The summed E-state index contributed by atoms with van der Waals surface area (Å²) in [5.74, 6) is -2.32. The molecule has 0 unspecified atom stereocenters. The molecule has 166 valence electrons. The van der Waals surface area contributed by atoms with Crippen LogP contribution in [0.5, 0.6) is 11.5 Å². The molecule has 0 radical (unpaired) electrons. The molecule has 0 aromatic heterocycles. The number of hydrogen-bond donors (Lipinski definition) is 2. The van der Waals surface area contributed by atoms with Crippen LogP contribution >= 0.6 is 0 Å². The summed E-state index contributed by atoms with van der Waals surface area (Å²) >= 11 is 0. The summed E-state index contributed by atoms with van der Waals surface area (Å²) in [6.07, 6.45) is 6.74. The van der Waals surface area contributed by atoms with Gasteiger partial charge in [-0.05, 0) is 31.0 Å². The summed E-state index contributed by atoms with van der Waals surface area (Å²) < 4.78 is 10.5. The Labute approximate surface area is 176 Å². The van der Waals surface area contributed by atoms with Crippen LogP contribution < -0.4 is 9.47 Å². The maximum absolute atomic E-state index is 12.8. The van der Waals surface area contributed by atoms with Gasteiger partial charge in [-0.2, -0.15) is 0 Å². The Morgan fingerprint density at radius 3 is 1.93 bits per heavy atom. The van der Waals surface area contributed by atoms with E-state index in [4.69, 9.17) is 29.3 Å². The summed E-state index contributed by atoms with van der Waals surface area (Å²) in [5.41, 5.74) is 0.666. The zero-order valence-corrected chi connectivity index (χ0v) is 17.5. The number of piperazine rings is 1. The third-order valence-corrected chi connectivity index (χ3v) is 5.51. The fourth-order valence-electron chi connectivity index (χ4n) is 3.89. The molecule has 1 saturated heterocycles. The van der Waals surface area contributed by atoms with Crippen molar-refractivity contribution in [1.82, 2.24) is 9.80 Å². The lowest BCUT2D eigenvalue weighted by Gasteiger charge is -2.40. The number of amides is 1. The normalized spacial score (nSPS) is 17.5. The van der Waals surface area contributed by atoms with E-state index in [1.54, 1.807) is 26.4 Å². The smallest absolute Gasteiger partial charge is 0.414 e. The highest BCUT2D eigenvalue weighted by Gasteiger charge is 2.27. The SMILES string of the molecule is COc1ccc(C(=O)N2CCN(C3CCCCC3)CC2)cc1OC.O=C(O)C(=O)O. The van der Waals surface area contributed by atoms with Gasteiger partial charge in [0.1, 0.15) is 0 Å².